The normalized spacial score (nSPS) is 13.1. The van der Waals surface area contributed by atoms with Crippen molar-refractivity contribution in [2.45, 2.75) is 98.4 Å². The summed E-state index contributed by atoms with van der Waals surface area (Å²) >= 11 is 6.45. The fourth-order valence-electron chi connectivity index (χ4n) is 4.41. The quantitative estimate of drug-likeness (QED) is 0.327. The summed E-state index contributed by atoms with van der Waals surface area (Å²) in [7, 11) is 0. The van der Waals surface area contributed by atoms with Crippen LogP contribution in [0.25, 0.3) is 0 Å². The summed E-state index contributed by atoms with van der Waals surface area (Å²) in [4.78, 5) is 54.9. The SMILES string of the molecule is CCC(C)(C)N(C(=O)C(CC(N)=O)NC(=O)OC(C)(C)C)C(C(=O)Nc1c(C)cccc1Cl)c1cccc(C)c1C. The molecule has 224 valence electrons. The van der Waals surface area contributed by atoms with E-state index < -0.39 is 53.5 Å². The van der Waals surface area contributed by atoms with Crippen LogP contribution in [0.1, 0.15) is 82.7 Å². The van der Waals surface area contributed by atoms with Crippen LogP contribution in [-0.4, -0.2) is 45.9 Å². The van der Waals surface area contributed by atoms with Gasteiger partial charge in [0.2, 0.25) is 11.8 Å². The molecule has 2 unspecified atom stereocenters. The highest BCUT2D eigenvalue weighted by atomic mass is 35.5. The van der Waals surface area contributed by atoms with E-state index in [-0.39, 0.29) is 0 Å². The van der Waals surface area contributed by atoms with E-state index in [1.807, 2.05) is 59.7 Å². The molecule has 0 radical (unpaired) electrons. The third-order valence-electron chi connectivity index (χ3n) is 7.07. The van der Waals surface area contributed by atoms with Crippen molar-refractivity contribution < 1.29 is 23.9 Å². The molecule has 0 aliphatic rings. The standard InChI is InChI=1S/C31H43ClN4O5/c1-10-31(8,9)36(28(39)23(17-24(33)37)34-29(40)41-30(5,6)7)26(21-15-11-13-18(2)20(21)4)27(38)35-25-19(3)14-12-16-22(25)32/h11-16,23,26H,10,17H2,1-9H3,(H2,33,37)(H,34,40)(H,35,38). The van der Waals surface area contributed by atoms with Crippen LogP contribution in [0.2, 0.25) is 5.02 Å². The number of hydrogen-bond donors (Lipinski definition) is 3. The number of alkyl carbamates (subject to hydrolysis) is 1. The lowest BCUT2D eigenvalue weighted by atomic mass is 9.89. The van der Waals surface area contributed by atoms with Gasteiger partial charge in [0.15, 0.2) is 0 Å². The van der Waals surface area contributed by atoms with Gasteiger partial charge in [-0.15, -0.1) is 0 Å². The van der Waals surface area contributed by atoms with E-state index in [4.69, 9.17) is 22.1 Å². The first-order chi connectivity index (χ1) is 18.9. The van der Waals surface area contributed by atoms with Crippen molar-refractivity contribution in [2.75, 3.05) is 5.32 Å². The number of nitrogens with zero attached hydrogens (tertiary/aromatic N) is 1. The van der Waals surface area contributed by atoms with Gasteiger partial charge in [-0.3, -0.25) is 14.4 Å². The van der Waals surface area contributed by atoms with E-state index in [0.29, 0.717) is 22.7 Å². The van der Waals surface area contributed by atoms with Crippen LogP contribution in [0.3, 0.4) is 0 Å². The number of para-hydroxylation sites is 1. The van der Waals surface area contributed by atoms with Gasteiger partial charge >= 0.3 is 6.09 Å². The molecule has 0 bridgehead atoms. The Morgan fingerprint density at radius 1 is 0.976 bits per heavy atom. The van der Waals surface area contributed by atoms with E-state index in [1.165, 1.54) is 4.90 Å². The Morgan fingerprint density at radius 2 is 1.56 bits per heavy atom. The van der Waals surface area contributed by atoms with E-state index in [1.54, 1.807) is 39.0 Å². The summed E-state index contributed by atoms with van der Waals surface area (Å²) < 4.78 is 5.36. The minimum Gasteiger partial charge on any atom is -0.444 e. The molecule has 0 aromatic heterocycles. The molecule has 9 nitrogen and oxygen atoms in total. The van der Waals surface area contributed by atoms with Crippen LogP contribution < -0.4 is 16.4 Å². The number of primary amides is 1. The molecule has 2 rings (SSSR count). The zero-order chi connectivity index (χ0) is 31.3. The van der Waals surface area contributed by atoms with Crippen LogP contribution in [0, 0.1) is 20.8 Å². The number of benzene rings is 2. The molecular formula is C31H43ClN4O5. The van der Waals surface area contributed by atoms with Crippen molar-refractivity contribution in [1.82, 2.24) is 10.2 Å². The first-order valence-electron chi connectivity index (χ1n) is 13.6. The molecule has 2 aromatic rings. The first kappa shape index (κ1) is 33.6. The van der Waals surface area contributed by atoms with Gasteiger partial charge in [0, 0.05) is 5.54 Å². The predicted octanol–water partition coefficient (Wildman–Crippen LogP) is 5.73. The topological polar surface area (TPSA) is 131 Å². The Bertz CT molecular complexity index is 1280. The van der Waals surface area contributed by atoms with Crippen molar-refractivity contribution in [1.29, 1.82) is 0 Å². The highest BCUT2D eigenvalue weighted by Crippen LogP contribution is 2.36. The van der Waals surface area contributed by atoms with Crippen molar-refractivity contribution >= 4 is 41.1 Å². The van der Waals surface area contributed by atoms with Gasteiger partial charge in [0.1, 0.15) is 17.7 Å². The van der Waals surface area contributed by atoms with Crippen molar-refractivity contribution in [2.24, 2.45) is 5.73 Å². The van der Waals surface area contributed by atoms with Gasteiger partial charge in [0.05, 0.1) is 17.1 Å². The summed E-state index contributed by atoms with van der Waals surface area (Å²) in [6, 6.07) is 8.28. The average molecular weight is 587 g/mol. The molecular weight excluding hydrogens is 544 g/mol. The summed E-state index contributed by atoms with van der Waals surface area (Å²) in [5.41, 5.74) is 7.27. The number of anilines is 1. The van der Waals surface area contributed by atoms with Crippen LogP contribution >= 0.6 is 11.6 Å². The lowest BCUT2D eigenvalue weighted by molar-refractivity contribution is -0.148. The minimum absolute atomic E-state index is 0.351. The molecule has 10 heteroatoms. The Balaban J connectivity index is 2.76. The number of rotatable bonds is 10. The molecule has 2 atom stereocenters. The van der Waals surface area contributed by atoms with Gasteiger partial charge in [0.25, 0.3) is 5.91 Å². The second-order valence-electron chi connectivity index (χ2n) is 11.9. The second-order valence-corrected chi connectivity index (χ2v) is 12.3. The summed E-state index contributed by atoms with van der Waals surface area (Å²) in [5, 5.41) is 5.80. The molecule has 0 aliphatic heterocycles. The monoisotopic (exact) mass is 586 g/mol. The lowest BCUT2D eigenvalue weighted by Gasteiger charge is -2.45. The highest BCUT2D eigenvalue weighted by Gasteiger charge is 2.44. The summed E-state index contributed by atoms with van der Waals surface area (Å²) in [5.74, 6) is -1.95. The Labute approximate surface area is 248 Å². The van der Waals surface area contributed by atoms with E-state index >= 15 is 0 Å². The van der Waals surface area contributed by atoms with Crippen molar-refractivity contribution in [3.8, 4) is 0 Å². The Kier molecular flexibility index (Phi) is 11.0. The molecule has 0 fully saturated rings. The molecule has 4 amide bonds. The number of carbonyl (C=O) groups is 4. The fraction of sp³-hybridized carbons (Fsp3) is 0.484. The zero-order valence-electron chi connectivity index (χ0n) is 25.5. The highest BCUT2D eigenvalue weighted by molar-refractivity contribution is 6.34. The Hall–Kier alpha value is -3.59. The van der Waals surface area contributed by atoms with Crippen LogP contribution in [0.5, 0.6) is 0 Å². The number of carbonyl (C=O) groups excluding carboxylic acids is 4. The third-order valence-corrected chi connectivity index (χ3v) is 7.38. The number of amides is 4. The van der Waals surface area contributed by atoms with Gasteiger partial charge in [-0.2, -0.15) is 0 Å². The van der Waals surface area contributed by atoms with Gasteiger partial charge in [-0.1, -0.05) is 48.9 Å². The third kappa shape index (κ3) is 8.70. The number of nitrogens with two attached hydrogens (primary N) is 1. The van der Waals surface area contributed by atoms with E-state index in [9.17, 15) is 19.2 Å². The number of aryl methyl sites for hydroxylation is 2. The predicted molar refractivity (Wildman–Crippen MR) is 162 cm³/mol. The number of nitrogens with one attached hydrogen (secondary N) is 2. The maximum atomic E-state index is 14.4. The second kappa shape index (κ2) is 13.4. The molecule has 0 spiro atoms. The smallest absolute Gasteiger partial charge is 0.408 e. The van der Waals surface area contributed by atoms with Gasteiger partial charge in [-0.25, -0.2) is 4.79 Å². The number of ether oxygens (including phenoxy) is 1. The molecule has 4 N–H and O–H groups in total. The fourth-order valence-corrected chi connectivity index (χ4v) is 4.68. The molecule has 0 aliphatic carbocycles. The van der Waals surface area contributed by atoms with Crippen LogP contribution in [-0.2, 0) is 19.1 Å². The molecule has 2 aromatic carbocycles. The summed E-state index contributed by atoms with van der Waals surface area (Å²) in [6.07, 6.45) is -0.918. The van der Waals surface area contributed by atoms with Crippen molar-refractivity contribution in [3.05, 3.63) is 63.7 Å². The van der Waals surface area contributed by atoms with Gasteiger partial charge in [-0.05, 0) is 90.1 Å². The van der Waals surface area contributed by atoms with Crippen LogP contribution in [0.4, 0.5) is 10.5 Å². The maximum absolute atomic E-state index is 14.4. The zero-order valence-corrected chi connectivity index (χ0v) is 26.2. The van der Waals surface area contributed by atoms with E-state index in [0.717, 1.165) is 16.7 Å². The average Bonchev–Trinajstić information content (AvgIpc) is 2.84. The number of hydrogen-bond acceptors (Lipinski definition) is 5. The molecule has 0 saturated heterocycles. The minimum atomic E-state index is -1.38. The lowest BCUT2D eigenvalue weighted by Crippen LogP contribution is -2.59. The van der Waals surface area contributed by atoms with E-state index in [2.05, 4.69) is 10.6 Å². The van der Waals surface area contributed by atoms with Gasteiger partial charge < -0.3 is 26.0 Å². The summed E-state index contributed by atoms with van der Waals surface area (Å²) in [6.45, 7) is 16.2. The molecule has 0 saturated carbocycles. The molecule has 0 heterocycles. The first-order valence-corrected chi connectivity index (χ1v) is 14.0. The maximum Gasteiger partial charge on any atom is 0.408 e. The largest absolute Gasteiger partial charge is 0.444 e. The molecule has 41 heavy (non-hydrogen) atoms. The van der Waals surface area contributed by atoms with Crippen molar-refractivity contribution in [3.63, 3.8) is 0 Å². The number of halogens is 1. The Morgan fingerprint density at radius 3 is 2.10 bits per heavy atom. The van der Waals surface area contributed by atoms with Crippen LogP contribution in [0.15, 0.2) is 36.4 Å².